The number of likely N-dealkylation sites (tertiary alicyclic amines) is 1. The van der Waals surface area contributed by atoms with Crippen LogP contribution in [0.25, 0.3) is 0 Å². The summed E-state index contributed by atoms with van der Waals surface area (Å²) in [6, 6.07) is 8.15. The molecular weight excluding hydrogens is 370 g/mol. The number of aromatic nitrogens is 2. The second kappa shape index (κ2) is 8.34. The highest BCUT2D eigenvalue weighted by Gasteiger charge is 2.29. The van der Waals surface area contributed by atoms with Crippen molar-refractivity contribution in [3.05, 3.63) is 42.7 Å². The highest BCUT2D eigenvalue weighted by Crippen LogP contribution is 2.19. The van der Waals surface area contributed by atoms with Crippen molar-refractivity contribution in [1.82, 2.24) is 14.9 Å². The standard InChI is InChI=1S/C18H21N3O5S/c1-25-16-11-19-12-17(20-16)26-14-7-9-21(13-14)18(22)8-10-27(23,24)15-5-3-2-4-6-15/h2-6,11-12,14H,7-10,13H2,1H3. The Hall–Kier alpha value is -2.68. The number of amides is 1. The lowest BCUT2D eigenvalue weighted by Crippen LogP contribution is -2.32. The van der Waals surface area contributed by atoms with E-state index in [-0.39, 0.29) is 29.1 Å². The van der Waals surface area contributed by atoms with Crippen LogP contribution in [0.15, 0.2) is 47.6 Å². The molecule has 0 radical (unpaired) electrons. The van der Waals surface area contributed by atoms with E-state index < -0.39 is 9.84 Å². The molecule has 1 saturated heterocycles. The molecular formula is C18H21N3O5S. The molecule has 1 aliphatic heterocycles. The van der Waals surface area contributed by atoms with Gasteiger partial charge in [-0.25, -0.2) is 8.42 Å². The van der Waals surface area contributed by atoms with Crippen molar-refractivity contribution in [2.24, 2.45) is 0 Å². The summed E-state index contributed by atoms with van der Waals surface area (Å²) in [4.78, 5) is 22.4. The van der Waals surface area contributed by atoms with Crippen molar-refractivity contribution in [2.45, 2.75) is 23.8 Å². The van der Waals surface area contributed by atoms with Crippen LogP contribution >= 0.6 is 0 Å². The Labute approximate surface area is 158 Å². The average molecular weight is 391 g/mol. The highest BCUT2D eigenvalue weighted by molar-refractivity contribution is 7.91. The van der Waals surface area contributed by atoms with Gasteiger partial charge >= 0.3 is 0 Å². The molecule has 0 N–H and O–H groups in total. The molecule has 0 saturated carbocycles. The van der Waals surface area contributed by atoms with E-state index >= 15 is 0 Å². The van der Waals surface area contributed by atoms with Crippen molar-refractivity contribution >= 4 is 15.7 Å². The molecule has 1 unspecified atom stereocenters. The van der Waals surface area contributed by atoms with Crippen LogP contribution in [0.1, 0.15) is 12.8 Å². The van der Waals surface area contributed by atoms with E-state index in [1.807, 2.05) is 0 Å². The molecule has 2 aromatic rings. The Balaban J connectivity index is 1.52. The molecule has 9 heteroatoms. The number of ether oxygens (including phenoxy) is 2. The smallest absolute Gasteiger partial charge is 0.235 e. The van der Waals surface area contributed by atoms with Gasteiger partial charge in [0.15, 0.2) is 9.84 Å². The second-order valence-electron chi connectivity index (χ2n) is 6.15. The zero-order valence-corrected chi connectivity index (χ0v) is 15.8. The molecule has 1 aliphatic rings. The summed E-state index contributed by atoms with van der Waals surface area (Å²) in [5.74, 6) is 0.279. The fourth-order valence-corrected chi connectivity index (χ4v) is 4.08. The van der Waals surface area contributed by atoms with Gasteiger partial charge in [0.05, 0.1) is 36.7 Å². The van der Waals surface area contributed by atoms with Crippen LogP contribution < -0.4 is 9.47 Å². The maximum Gasteiger partial charge on any atom is 0.235 e. The minimum Gasteiger partial charge on any atom is -0.480 e. The van der Waals surface area contributed by atoms with Gasteiger partial charge in [0.2, 0.25) is 17.7 Å². The third-order valence-electron chi connectivity index (χ3n) is 4.27. The number of nitrogens with zero attached hydrogens (tertiary/aromatic N) is 3. The Bertz CT molecular complexity index is 889. The first kappa shape index (κ1) is 19.1. The fourth-order valence-electron chi connectivity index (χ4n) is 2.83. The zero-order valence-electron chi connectivity index (χ0n) is 14.9. The minimum absolute atomic E-state index is 0.0527. The Kier molecular flexibility index (Phi) is 5.90. The molecule has 27 heavy (non-hydrogen) atoms. The van der Waals surface area contributed by atoms with Gasteiger partial charge in [-0.3, -0.25) is 9.78 Å². The van der Waals surface area contributed by atoms with Gasteiger partial charge in [0.1, 0.15) is 6.10 Å². The van der Waals surface area contributed by atoms with Gasteiger partial charge in [-0.1, -0.05) is 18.2 Å². The molecule has 2 heterocycles. The number of hydrogen-bond acceptors (Lipinski definition) is 7. The van der Waals surface area contributed by atoms with Crippen LogP contribution in [0, 0.1) is 0 Å². The zero-order chi connectivity index (χ0) is 19.3. The number of benzene rings is 1. The monoisotopic (exact) mass is 391 g/mol. The van der Waals surface area contributed by atoms with E-state index in [2.05, 4.69) is 9.97 Å². The lowest BCUT2D eigenvalue weighted by Gasteiger charge is -2.17. The van der Waals surface area contributed by atoms with E-state index in [1.165, 1.54) is 31.6 Å². The highest BCUT2D eigenvalue weighted by atomic mass is 32.2. The summed E-state index contributed by atoms with van der Waals surface area (Å²) < 4.78 is 35.3. The van der Waals surface area contributed by atoms with E-state index in [0.29, 0.717) is 31.3 Å². The van der Waals surface area contributed by atoms with Gasteiger partial charge in [-0.15, -0.1) is 0 Å². The van der Waals surface area contributed by atoms with E-state index in [4.69, 9.17) is 9.47 Å². The normalized spacial score (nSPS) is 16.9. The number of methoxy groups -OCH3 is 1. The number of rotatable bonds is 7. The molecule has 3 rings (SSSR count). The summed E-state index contributed by atoms with van der Waals surface area (Å²) in [6.45, 7) is 0.912. The topological polar surface area (TPSA) is 98.7 Å². The summed E-state index contributed by atoms with van der Waals surface area (Å²) in [6.07, 6.45) is 3.35. The molecule has 1 aromatic carbocycles. The Morgan fingerprint density at radius 1 is 1.22 bits per heavy atom. The first-order chi connectivity index (χ1) is 13.0. The van der Waals surface area contributed by atoms with Crippen molar-refractivity contribution in [3.63, 3.8) is 0 Å². The predicted molar refractivity (Wildman–Crippen MR) is 97.3 cm³/mol. The van der Waals surface area contributed by atoms with Gasteiger partial charge in [-0.05, 0) is 12.1 Å². The van der Waals surface area contributed by atoms with Crippen molar-refractivity contribution in [1.29, 1.82) is 0 Å². The quantitative estimate of drug-likeness (QED) is 0.702. The van der Waals surface area contributed by atoms with Crippen LogP contribution in [-0.4, -0.2) is 61.2 Å². The molecule has 0 spiro atoms. The molecule has 1 aromatic heterocycles. The van der Waals surface area contributed by atoms with Gasteiger partial charge in [0.25, 0.3) is 0 Å². The number of carbonyl (C=O) groups excluding carboxylic acids is 1. The van der Waals surface area contributed by atoms with Crippen LogP contribution in [-0.2, 0) is 14.6 Å². The molecule has 1 amide bonds. The SMILES string of the molecule is COc1cncc(OC2CCN(C(=O)CCS(=O)(=O)c3ccccc3)C2)n1. The number of sulfone groups is 1. The van der Waals surface area contributed by atoms with Crippen LogP contribution in [0.5, 0.6) is 11.8 Å². The molecule has 0 bridgehead atoms. The molecule has 0 aliphatic carbocycles. The van der Waals surface area contributed by atoms with Crippen LogP contribution in [0.4, 0.5) is 0 Å². The molecule has 1 atom stereocenters. The molecule has 144 valence electrons. The van der Waals surface area contributed by atoms with Gasteiger partial charge < -0.3 is 14.4 Å². The minimum atomic E-state index is -3.47. The third kappa shape index (κ3) is 4.94. The van der Waals surface area contributed by atoms with Crippen LogP contribution in [0.2, 0.25) is 0 Å². The van der Waals surface area contributed by atoms with Gasteiger partial charge in [0, 0.05) is 19.4 Å². The molecule has 8 nitrogen and oxygen atoms in total. The van der Waals surface area contributed by atoms with Gasteiger partial charge in [-0.2, -0.15) is 4.98 Å². The van der Waals surface area contributed by atoms with Crippen molar-refractivity contribution in [2.75, 3.05) is 26.0 Å². The molecule has 1 fully saturated rings. The lowest BCUT2D eigenvalue weighted by molar-refractivity contribution is -0.130. The third-order valence-corrected chi connectivity index (χ3v) is 6.00. The largest absolute Gasteiger partial charge is 0.480 e. The van der Waals surface area contributed by atoms with Crippen molar-refractivity contribution < 1.29 is 22.7 Å². The average Bonchev–Trinajstić information content (AvgIpc) is 3.15. The summed E-state index contributed by atoms with van der Waals surface area (Å²) in [5.41, 5.74) is 0. The van der Waals surface area contributed by atoms with Crippen LogP contribution in [0.3, 0.4) is 0 Å². The lowest BCUT2D eigenvalue weighted by atomic mass is 10.3. The van der Waals surface area contributed by atoms with E-state index in [0.717, 1.165) is 0 Å². The Morgan fingerprint density at radius 2 is 1.96 bits per heavy atom. The number of carbonyl (C=O) groups is 1. The maximum atomic E-state index is 12.4. The summed E-state index contributed by atoms with van der Waals surface area (Å²) >= 11 is 0. The first-order valence-corrected chi connectivity index (χ1v) is 10.2. The van der Waals surface area contributed by atoms with Crippen molar-refractivity contribution in [3.8, 4) is 11.8 Å². The fraction of sp³-hybridized carbons (Fsp3) is 0.389. The second-order valence-corrected chi connectivity index (χ2v) is 8.26. The van der Waals surface area contributed by atoms with E-state index in [9.17, 15) is 13.2 Å². The van der Waals surface area contributed by atoms with E-state index in [1.54, 1.807) is 23.1 Å². The summed E-state index contributed by atoms with van der Waals surface area (Å²) in [5, 5.41) is 0. The summed E-state index contributed by atoms with van der Waals surface area (Å²) in [7, 11) is -1.97. The number of hydrogen-bond donors (Lipinski definition) is 0. The maximum absolute atomic E-state index is 12.4. The Morgan fingerprint density at radius 3 is 2.70 bits per heavy atom. The first-order valence-electron chi connectivity index (χ1n) is 8.56. The predicted octanol–water partition coefficient (Wildman–Crippen LogP) is 1.33.